The smallest absolute Gasteiger partial charge is 0.335 e. The molecule has 7 N–H and O–H groups in total. The van der Waals surface area contributed by atoms with Crippen molar-refractivity contribution in [3.63, 3.8) is 0 Å². The summed E-state index contributed by atoms with van der Waals surface area (Å²) in [6.45, 7) is 0. The van der Waals surface area contributed by atoms with Crippen molar-refractivity contribution in [2.75, 3.05) is 5.73 Å². The molecule has 3 aliphatic heterocycles. The van der Waals surface area contributed by atoms with Crippen molar-refractivity contribution in [3.05, 3.63) is 12.7 Å². The zero-order chi connectivity index (χ0) is 21.4. The number of hydrogen-bond acceptors (Lipinski definition) is 12. The van der Waals surface area contributed by atoms with Crippen LogP contribution < -0.4 is 5.73 Å². The van der Waals surface area contributed by atoms with E-state index in [9.17, 15) is 30.3 Å². The number of nitrogens with two attached hydrogens (primary N) is 1. The summed E-state index contributed by atoms with van der Waals surface area (Å²) in [5, 5.41) is 51.2. The van der Waals surface area contributed by atoms with Crippen molar-refractivity contribution in [1.82, 2.24) is 19.5 Å². The number of ether oxygens (including phenoxy) is 3. The first-order valence-corrected chi connectivity index (χ1v) is 9.13. The normalized spacial score (nSPS) is 43.3. The molecule has 0 aromatic carbocycles. The molecule has 3 saturated heterocycles. The number of nitrogens with zero attached hydrogens (tertiary/aromatic N) is 4. The molecule has 3 fully saturated rings. The van der Waals surface area contributed by atoms with Gasteiger partial charge in [0.1, 0.15) is 42.4 Å². The maximum Gasteiger partial charge on any atom is 0.335 e. The summed E-state index contributed by atoms with van der Waals surface area (Å²) in [7, 11) is 0. The van der Waals surface area contributed by atoms with Crippen LogP contribution in [0.2, 0.25) is 0 Å². The van der Waals surface area contributed by atoms with E-state index in [-0.39, 0.29) is 12.2 Å². The summed E-state index contributed by atoms with van der Waals surface area (Å²) >= 11 is 0. The van der Waals surface area contributed by atoms with Gasteiger partial charge >= 0.3 is 5.97 Å². The first kappa shape index (κ1) is 19.5. The van der Waals surface area contributed by atoms with Gasteiger partial charge in [0.15, 0.2) is 23.8 Å². The summed E-state index contributed by atoms with van der Waals surface area (Å²) in [6, 6.07) is 0. The molecule has 162 valence electrons. The van der Waals surface area contributed by atoms with Gasteiger partial charge in [-0.25, -0.2) is 19.7 Å². The Balaban J connectivity index is 1.46. The highest BCUT2D eigenvalue weighted by Crippen LogP contribution is 2.46. The number of aliphatic carboxylic acids is 1. The molecular weight excluding hydrogens is 406 g/mol. The van der Waals surface area contributed by atoms with E-state index < -0.39 is 60.7 Å². The van der Waals surface area contributed by atoms with E-state index in [2.05, 4.69) is 15.0 Å². The Kier molecular flexibility index (Phi) is 4.24. The van der Waals surface area contributed by atoms with Crippen LogP contribution in [-0.4, -0.2) is 99.5 Å². The van der Waals surface area contributed by atoms with Crippen LogP contribution in [0.4, 0.5) is 5.82 Å². The highest BCUT2D eigenvalue weighted by Gasteiger charge is 2.65. The van der Waals surface area contributed by atoms with E-state index in [4.69, 9.17) is 19.9 Å². The number of imidazole rings is 1. The van der Waals surface area contributed by atoms with Crippen LogP contribution >= 0.6 is 0 Å². The van der Waals surface area contributed by atoms with Gasteiger partial charge in [0.05, 0.1) is 12.4 Å². The van der Waals surface area contributed by atoms with Crippen molar-refractivity contribution in [3.8, 4) is 0 Å². The van der Waals surface area contributed by atoms with Crippen molar-refractivity contribution in [2.45, 2.75) is 61.2 Å². The third-order valence-electron chi connectivity index (χ3n) is 5.81. The lowest BCUT2D eigenvalue weighted by Crippen LogP contribution is -2.72. The molecular formula is C16H19N5O9. The van der Waals surface area contributed by atoms with Crippen LogP contribution in [0.5, 0.6) is 0 Å². The summed E-state index contributed by atoms with van der Waals surface area (Å²) in [5.74, 6) is -3.79. The predicted molar refractivity (Wildman–Crippen MR) is 92.4 cm³/mol. The number of carboxylic acids is 1. The fourth-order valence-electron chi connectivity index (χ4n) is 4.30. The van der Waals surface area contributed by atoms with Gasteiger partial charge in [0, 0.05) is 6.42 Å². The fraction of sp³-hybridized carbons (Fsp3) is 0.625. The van der Waals surface area contributed by atoms with E-state index in [1.54, 1.807) is 0 Å². The van der Waals surface area contributed by atoms with Crippen molar-refractivity contribution >= 4 is 23.0 Å². The van der Waals surface area contributed by atoms with E-state index in [1.807, 2.05) is 0 Å². The lowest BCUT2D eigenvalue weighted by Gasteiger charge is -2.51. The average molecular weight is 425 g/mol. The Hall–Kier alpha value is -2.46. The third-order valence-corrected chi connectivity index (χ3v) is 5.81. The number of aliphatic hydroxyl groups excluding tert-OH is 3. The van der Waals surface area contributed by atoms with Crippen LogP contribution in [0.15, 0.2) is 12.7 Å². The average Bonchev–Trinajstić information content (AvgIpc) is 3.26. The van der Waals surface area contributed by atoms with Crippen LogP contribution in [-0.2, 0) is 19.0 Å². The number of hydrogen-bond donors (Lipinski definition) is 6. The van der Waals surface area contributed by atoms with Crippen molar-refractivity contribution in [1.29, 1.82) is 0 Å². The molecule has 30 heavy (non-hydrogen) atoms. The van der Waals surface area contributed by atoms with Crippen LogP contribution in [0, 0.1) is 0 Å². The van der Waals surface area contributed by atoms with Crippen LogP contribution in [0.25, 0.3) is 11.2 Å². The highest BCUT2D eigenvalue weighted by atomic mass is 16.7. The molecule has 0 radical (unpaired) electrons. The number of aliphatic hydroxyl groups is 4. The van der Waals surface area contributed by atoms with Gasteiger partial charge < -0.3 is 45.5 Å². The molecule has 0 saturated carbocycles. The number of nitrogen functional groups attached to an aromatic ring is 1. The summed E-state index contributed by atoms with van der Waals surface area (Å²) in [5.41, 5.74) is 6.39. The minimum atomic E-state index is -2.44. The molecule has 0 amide bonds. The summed E-state index contributed by atoms with van der Waals surface area (Å²) in [6.07, 6.45) is -8.79. The highest BCUT2D eigenvalue weighted by molar-refractivity contribution is 5.81. The second-order valence-corrected chi connectivity index (χ2v) is 7.53. The van der Waals surface area contributed by atoms with Gasteiger partial charge in [-0.1, -0.05) is 0 Å². The van der Waals surface area contributed by atoms with Gasteiger partial charge in [-0.3, -0.25) is 4.57 Å². The molecule has 5 heterocycles. The largest absolute Gasteiger partial charge is 0.479 e. The fourth-order valence-corrected chi connectivity index (χ4v) is 4.30. The second-order valence-electron chi connectivity index (χ2n) is 7.53. The zero-order valence-corrected chi connectivity index (χ0v) is 15.2. The topological polar surface area (TPSA) is 216 Å². The predicted octanol–water partition coefficient (Wildman–Crippen LogP) is -3.28. The van der Waals surface area contributed by atoms with Crippen molar-refractivity contribution < 1.29 is 44.5 Å². The minimum absolute atomic E-state index is 0.105. The van der Waals surface area contributed by atoms with Gasteiger partial charge in [-0.2, -0.15) is 0 Å². The molecule has 0 aliphatic carbocycles. The molecule has 2 aromatic rings. The molecule has 9 atom stereocenters. The van der Waals surface area contributed by atoms with Crippen molar-refractivity contribution in [2.24, 2.45) is 0 Å². The van der Waals surface area contributed by atoms with Crippen LogP contribution in [0.1, 0.15) is 12.6 Å². The molecule has 0 unspecified atom stereocenters. The lowest BCUT2D eigenvalue weighted by atomic mass is 9.84. The molecule has 14 nitrogen and oxygen atoms in total. The quantitative estimate of drug-likeness (QED) is 0.278. The Morgan fingerprint density at radius 3 is 2.70 bits per heavy atom. The van der Waals surface area contributed by atoms with E-state index in [0.717, 1.165) is 0 Å². The number of carboxylic acid groups (broad SMARTS) is 1. The zero-order valence-electron chi connectivity index (χ0n) is 15.2. The molecule has 0 spiro atoms. The summed E-state index contributed by atoms with van der Waals surface area (Å²) in [4.78, 5) is 23.4. The van der Waals surface area contributed by atoms with E-state index in [1.165, 1.54) is 17.2 Å². The van der Waals surface area contributed by atoms with E-state index >= 15 is 0 Å². The second kappa shape index (κ2) is 6.52. The third kappa shape index (κ3) is 2.56. The Morgan fingerprint density at radius 2 is 1.97 bits per heavy atom. The summed E-state index contributed by atoms with van der Waals surface area (Å²) < 4.78 is 18.2. The molecule has 5 rings (SSSR count). The SMILES string of the molecule is Nc1ncnc2c1ncn2[C@@H]1O[C@@H]2C[C@H]3O[C@H](C(=O)O)[C@@H](O)[C@H](O)[C@]3(O)O[C@@H]2[C@H]1O. The van der Waals surface area contributed by atoms with E-state index in [0.29, 0.717) is 11.2 Å². The van der Waals surface area contributed by atoms with Gasteiger partial charge in [-0.15, -0.1) is 0 Å². The maximum absolute atomic E-state index is 11.3. The van der Waals surface area contributed by atoms with Gasteiger partial charge in [0.2, 0.25) is 5.79 Å². The van der Waals surface area contributed by atoms with Gasteiger partial charge in [-0.05, 0) is 0 Å². The number of aromatic nitrogens is 4. The Labute approximate surface area is 167 Å². The monoisotopic (exact) mass is 425 g/mol. The molecule has 3 aliphatic rings. The van der Waals surface area contributed by atoms with Crippen LogP contribution in [0.3, 0.4) is 0 Å². The molecule has 2 aromatic heterocycles. The number of carbonyl (C=O) groups is 1. The Morgan fingerprint density at radius 1 is 1.20 bits per heavy atom. The molecule has 0 bridgehead atoms. The number of fused-ring (bicyclic) bond motifs is 3. The standard InChI is InChI=1S/C16H19N5O9/c17-12-6-13(19-2-18-12)21(3-20-6)14-8(23)9-4(28-14)1-5-16(27,30-9)11(24)7(22)10(29-5)15(25)26/h2-5,7-11,14,22-24,27H,1H2,(H,25,26)(H2,17,18,19)/t4-,5-,7-,8-,9+,10+,11+,14-,16-/m1/s1. The Bertz CT molecular complexity index is 1000. The minimum Gasteiger partial charge on any atom is -0.479 e. The first-order valence-electron chi connectivity index (χ1n) is 9.13. The number of rotatable bonds is 2. The lowest BCUT2D eigenvalue weighted by molar-refractivity contribution is -0.396. The first-order chi connectivity index (χ1) is 14.2. The van der Waals surface area contributed by atoms with Gasteiger partial charge in [0.25, 0.3) is 0 Å². The molecule has 14 heteroatoms. The number of anilines is 1. The maximum atomic E-state index is 11.3.